The molecule has 1 heterocycles. The Labute approximate surface area is 219 Å². The van der Waals surface area contributed by atoms with Crippen molar-refractivity contribution in [1.29, 1.82) is 0 Å². The zero-order valence-electron chi connectivity index (χ0n) is 20.9. The Morgan fingerprint density at radius 1 is 0.947 bits per heavy atom. The minimum atomic E-state index is -4.46. The highest BCUT2D eigenvalue weighted by atomic mass is 19.4. The molecule has 1 aliphatic heterocycles. The molecule has 0 spiro atoms. The van der Waals surface area contributed by atoms with Gasteiger partial charge in [-0.3, -0.25) is 4.79 Å². The van der Waals surface area contributed by atoms with Crippen molar-refractivity contribution in [2.45, 2.75) is 25.6 Å². The van der Waals surface area contributed by atoms with Crippen molar-refractivity contribution in [1.82, 2.24) is 5.32 Å². The van der Waals surface area contributed by atoms with Gasteiger partial charge in [-0.15, -0.1) is 0 Å². The fourth-order valence-corrected chi connectivity index (χ4v) is 4.32. The van der Waals surface area contributed by atoms with Crippen molar-refractivity contribution in [3.05, 3.63) is 89.0 Å². The van der Waals surface area contributed by atoms with E-state index in [1.807, 2.05) is 12.1 Å². The first-order chi connectivity index (χ1) is 18.2. The summed E-state index contributed by atoms with van der Waals surface area (Å²) in [6.07, 6.45) is -2.96. The van der Waals surface area contributed by atoms with Gasteiger partial charge in [0.05, 0.1) is 11.1 Å². The largest absolute Gasteiger partial charge is 0.416 e. The van der Waals surface area contributed by atoms with E-state index in [1.54, 1.807) is 25.3 Å². The predicted octanol–water partition coefficient (Wildman–Crippen LogP) is 5.68. The van der Waals surface area contributed by atoms with Crippen LogP contribution in [0.3, 0.4) is 0 Å². The highest BCUT2D eigenvalue weighted by Gasteiger charge is 2.30. The second-order valence-electron chi connectivity index (χ2n) is 8.93. The molecule has 0 bridgehead atoms. The third-order valence-electron chi connectivity index (χ3n) is 6.25. The van der Waals surface area contributed by atoms with Crippen molar-refractivity contribution in [3.8, 4) is 0 Å². The molecule has 3 N–H and O–H groups in total. The number of hydrogen-bond donors (Lipinski definition) is 3. The molecule has 0 saturated heterocycles. The van der Waals surface area contributed by atoms with Gasteiger partial charge >= 0.3 is 12.2 Å². The number of carbonyl (C=O) groups is 2. The monoisotopic (exact) mass is 526 g/mol. The number of carbonyl (C=O) groups excluding carboxylic acids is 2. The lowest BCUT2D eigenvalue weighted by atomic mass is 9.98. The van der Waals surface area contributed by atoms with Crippen LogP contribution in [-0.2, 0) is 23.9 Å². The number of nitrogens with zero attached hydrogens (tertiary/aromatic N) is 1. The van der Waals surface area contributed by atoms with Gasteiger partial charge in [0.15, 0.2) is 0 Å². The van der Waals surface area contributed by atoms with Gasteiger partial charge in [0.25, 0.3) is 5.91 Å². The molecule has 0 radical (unpaired) electrons. The van der Waals surface area contributed by atoms with Gasteiger partial charge in [0.1, 0.15) is 0 Å². The zero-order valence-corrected chi connectivity index (χ0v) is 20.9. The van der Waals surface area contributed by atoms with Crippen LogP contribution in [0.5, 0.6) is 0 Å². The fraction of sp³-hybridized carbons (Fsp3) is 0.286. The van der Waals surface area contributed by atoms with Crippen LogP contribution in [-0.4, -0.2) is 38.7 Å². The molecule has 3 amide bonds. The van der Waals surface area contributed by atoms with E-state index in [4.69, 9.17) is 4.74 Å². The van der Waals surface area contributed by atoms with Crippen LogP contribution in [0.25, 0.3) is 0 Å². The Hall–Kier alpha value is -4.05. The molecule has 0 unspecified atom stereocenters. The molecule has 7 nitrogen and oxygen atoms in total. The lowest BCUT2D eigenvalue weighted by Gasteiger charge is -2.32. The SMILES string of the molecule is COCCCNC(=O)c1cc(NC(=O)Nc2ccc(C(F)(F)F)cc2)ccc1N1CCc2ccccc2C1. The summed E-state index contributed by atoms with van der Waals surface area (Å²) in [5, 5.41) is 8.08. The summed E-state index contributed by atoms with van der Waals surface area (Å²) in [6.45, 7) is 2.34. The van der Waals surface area contributed by atoms with E-state index < -0.39 is 17.8 Å². The number of halogens is 3. The quantitative estimate of drug-likeness (QED) is 0.330. The number of amides is 3. The molecule has 0 saturated carbocycles. The standard InChI is InChI=1S/C28H29F3N4O3/c1-38-16-4-14-32-26(36)24-17-23(34-27(37)33-22-9-7-21(8-10-22)28(29,30)31)11-12-25(24)35-15-13-19-5-2-3-6-20(19)18-35/h2-3,5-12,17H,4,13-16,18H2,1H3,(H,32,36)(H2,33,34,37). The lowest BCUT2D eigenvalue weighted by Crippen LogP contribution is -2.33. The average Bonchev–Trinajstić information content (AvgIpc) is 2.90. The number of nitrogens with one attached hydrogen (secondary N) is 3. The Morgan fingerprint density at radius 3 is 2.34 bits per heavy atom. The van der Waals surface area contributed by atoms with Gasteiger partial charge in [0, 0.05) is 50.4 Å². The predicted molar refractivity (Wildman–Crippen MR) is 141 cm³/mol. The molecule has 0 aliphatic carbocycles. The number of fused-ring (bicyclic) bond motifs is 1. The molecule has 3 aromatic carbocycles. The maximum absolute atomic E-state index is 13.2. The first-order valence-electron chi connectivity index (χ1n) is 12.2. The summed E-state index contributed by atoms with van der Waals surface area (Å²) in [5.41, 5.74) is 3.41. The zero-order chi connectivity index (χ0) is 27.1. The maximum Gasteiger partial charge on any atom is 0.416 e. The Bertz CT molecular complexity index is 1280. The molecule has 200 valence electrons. The number of anilines is 3. The first-order valence-corrected chi connectivity index (χ1v) is 12.2. The highest BCUT2D eigenvalue weighted by Crippen LogP contribution is 2.31. The van der Waals surface area contributed by atoms with Crippen LogP contribution < -0.4 is 20.9 Å². The van der Waals surface area contributed by atoms with E-state index in [0.717, 1.165) is 30.8 Å². The lowest BCUT2D eigenvalue weighted by molar-refractivity contribution is -0.137. The molecular formula is C28H29F3N4O3. The Morgan fingerprint density at radius 2 is 1.63 bits per heavy atom. The number of alkyl halides is 3. The highest BCUT2D eigenvalue weighted by molar-refractivity contribution is 6.04. The topological polar surface area (TPSA) is 82.7 Å². The number of hydrogen-bond acceptors (Lipinski definition) is 4. The second kappa shape index (κ2) is 12.0. The van der Waals surface area contributed by atoms with Gasteiger partial charge in [-0.2, -0.15) is 13.2 Å². The Kier molecular flexibility index (Phi) is 8.52. The third kappa shape index (κ3) is 6.83. The number of methoxy groups -OCH3 is 1. The van der Waals surface area contributed by atoms with Crippen molar-refractivity contribution in [2.75, 3.05) is 42.3 Å². The summed E-state index contributed by atoms with van der Waals surface area (Å²) < 4.78 is 43.4. The van der Waals surface area contributed by atoms with Crippen LogP contribution >= 0.6 is 0 Å². The van der Waals surface area contributed by atoms with Gasteiger partial charge in [0.2, 0.25) is 0 Å². The van der Waals surface area contributed by atoms with E-state index in [2.05, 4.69) is 33.0 Å². The minimum Gasteiger partial charge on any atom is -0.385 e. The molecule has 0 atom stereocenters. The van der Waals surface area contributed by atoms with Crippen molar-refractivity contribution >= 4 is 29.0 Å². The molecule has 3 aromatic rings. The number of urea groups is 1. The molecule has 38 heavy (non-hydrogen) atoms. The summed E-state index contributed by atoms with van der Waals surface area (Å²) in [6, 6.07) is 16.8. The first kappa shape index (κ1) is 27.0. The van der Waals surface area contributed by atoms with E-state index >= 15 is 0 Å². The number of ether oxygens (including phenoxy) is 1. The van der Waals surface area contributed by atoms with E-state index in [9.17, 15) is 22.8 Å². The molecule has 0 aromatic heterocycles. The number of rotatable bonds is 8. The third-order valence-corrected chi connectivity index (χ3v) is 6.25. The van der Waals surface area contributed by atoms with Gasteiger partial charge in [-0.05, 0) is 66.4 Å². The second-order valence-corrected chi connectivity index (χ2v) is 8.93. The smallest absolute Gasteiger partial charge is 0.385 e. The van der Waals surface area contributed by atoms with Gasteiger partial charge in [-0.1, -0.05) is 24.3 Å². The Balaban J connectivity index is 1.51. The molecular weight excluding hydrogens is 497 g/mol. The normalized spacial score (nSPS) is 13.0. The molecule has 10 heteroatoms. The molecule has 4 rings (SSSR count). The van der Waals surface area contributed by atoms with Crippen molar-refractivity contribution in [2.24, 2.45) is 0 Å². The number of benzene rings is 3. The maximum atomic E-state index is 13.2. The summed E-state index contributed by atoms with van der Waals surface area (Å²) in [4.78, 5) is 27.8. The van der Waals surface area contributed by atoms with Crippen LogP contribution in [0.4, 0.5) is 35.0 Å². The van der Waals surface area contributed by atoms with E-state index in [1.165, 1.54) is 23.3 Å². The van der Waals surface area contributed by atoms with Crippen LogP contribution in [0.15, 0.2) is 66.7 Å². The van der Waals surface area contributed by atoms with Gasteiger partial charge in [-0.25, -0.2) is 4.79 Å². The van der Waals surface area contributed by atoms with Crippen LogP contribution in [0, 0.1) is 0 Å². The van der Waals surface area contributed by atoms with Gasteiger partial charge < -0.3 is 25.6 Å². The van der Waals surface area contributed by atoms with Crippen LogP contribution in [0.1, 0.15) is 33.5 Å². The molecule has 1 aliphatic rings. The fourth-order valence-electron chi connectivity index (χ4n) is 4.32. The summed E-state index contributed by atoms with van der Waals surface area (Å²) in [7, 11) is 1.60. The van der Waals surface area contributed by atoms with Crippen molar-refractivity contribution < 1.29 is 27.5 Å². The summed E-state index contributed by atoms with van der Waals surface area (Å²) >= 11 is 0. The van der Waals surface area contributed by atoms with E-state index in [-0.39, 0.29) is 11.6 Å². The van der Waals surface area contributed by atoms with E-state index in [0.29, 0.717) is 37.4 Å². The molecule has 0 fully saturated rings. The van der Waals surface area contributed by atoms with Crippen molar-refractivity contribution in [3.63, 3.8) is 0 Å². The average molecular weight is 527 g/mol. The minimum absolute atomic E-state index is 0.204. The van der Waals surface area contributed by atoms with Crippen LogP contribution in [0.2, 0.25) is 0 Å². The summed E-state index contributed by atoms with van der Waals surface area (Å²) in [5.74, 6) is -0.276.